The largest absolute Gasteiger partial charge is 0.496 e. The quantitative estimate of drug-likeness (QED) is 0.710. The van der Waals surface area contributed by atoms with E-state index in [-0.39, 0.29) is 0 Å². The van der Waals surface area contributed by atoms with E-state index in [1.54, 1.807) is 7.11 Å². The minimum Gasteiger partial charge on any atom is -0.496 e. The van der Waals surface area contributed by atoms with Crippen molar-refractivity contribution in [2.45, 2.75) is 19.3 Å². The van der Waals surface area contributed by atoms with Crippen molar-refractivity contribution in [2.24, 2.45) is 0 Å². The fourth-order valence-corrected chi connectivity index (χ4v) is 1.90. The Morgan fingerprint density at radius 3 is 2.79 bits per heavy atom. The summed E-state index contributed by atoms with van der Waals surface area (Å²) in [5.41, 5.74) is 1.26. The van der Waals surface area contributed by atoms with Crippen molar-refractivity contribution < 1.29 is 4.74 Å². The molecule has 1 radical (unpaired) electrons. The van der Waals surface area contributed by atoms with Crippen LogP contribution in [0.15, 0.2) is 18.2 Å². The smallest absolute Gasteiger partial charge is 0.128 e. The Labute approximate surface area is 85.5 Å². The van der Waals surface area contributed by atoms with Crippen molar-refractivity contribution in [3.63, 3.8) is 0 Å². The Hall–Kier alpha value is -1.18. The average Bonchev–Trinajstić information content (AvgIpc) is 2.30. The molecule has 0 spiro atoms. The van der Waals surface area contributed by atoms with Crippen LogP contribution >= 0.6 is 0 Å². The molecule has 1 aliphatic heterocycles. The van der Waals surface area contributed by atoms with Gasteiger partial charge in [0.15, 0.2) is 0 Å². The molecule has 1 aliphatic rings. The lowest BCUT2D eigenvalue weighted by Crippen LogP contribution is -2.29. The third kappa shape index (κ3) is 2.00. The third-order valence-electron chi connectivity index (χ3n) is 2.70. The SMILES string of the molecule is COc1[c]ccc(N2CCCCC2)c1. The Bertz CT molecular complexity index is 292. The number of benzene rings is 1. The number of hydrogen-bond acceptors (Lipinski definition) is 2. The van der Waals surface area contributed by atoms with Crippen molar-refractivity contribution in [2.75, 3.05) is 25.1 Å². The van der Waals surface area contributed by atoms with Gasteiger partial charge >= 0.3 is 0 Å². The predicted molar refractivity (Wildman–Crippen MR) is 57.9 cm³/mol. The van der Waals surface area contributed by atoms with E-state index in [0.717, 1.165) is 5.75 Å². The molecule has 1 heterocycles. The zero-order chi connectivity index (χ0) is 9.80. The van der Waals surface area contributed by atoms with Crippen LogP contribution in [0, 0.1) is 6.07 Å². The van der Waals surface area contributed by atoms with E-state index >= 15 is 0 Å². The lowest BCUT2D eigenvalue weighted by molar-refractivity contribution is 0.413. The van der Waals surface area contributed by atoms with Gasteiger partial charge < -0.3 is 9.64 Å². The molecule has 2 nitrogen and oxygen atoms in total. The highest BCUT2D eigenvalue weighted by molar-refractivity contribution is 5.50. The summed E-state index contributed by atoms with van der Waals surface area (Å²) in [6.45, 7) is 2.35. The molecule has 0 aromatic heterocycles. The van der Waals surface area contributed by atoms with Gasteiger partial charge in [0.05, 0.1) is 7.11 Å². The van der Waals surface area contributed by atoms with Crippen molar-refractivity contribution in [3.05, 3.63) is 24.3 Å². The summed E-state index contributed by atoms with van der Waals surface area (Å²) in [5.74, 6) is 0.827. The fourth-order valence-electron chi connectivity index (χ4n) is 1.90. The van der Waals surface area contributed by atoms with Crippen LogP contribution < -0.4 is 9.64 Å². The molecular weight excluding hydrogens is 174 g/mol. The lowest BCUT2D eigenvalue weighted by atomic mass is 10.1. The molecule has 1 fully saturated rings. The predicted octanol–water partition coefficient (Wildman–Crippen LogP) is 2.49. The van der Waals surface area contributed by atoms with E-state index in [1.165, 1.54) is 38.0 Å². The second-order valence-electron chi connectivity index (χ2n) is 3.66. The van der Waals surface area contributed by atoms with Gasteiger partial charge in [-0.3, -0.25) is 0 Å². The van der Waals surface area contributed by atoms with E-state index in [1.807, 2.05) is 6.07 Å². The van der Waals surface area contributed by atoms with E-state index in [2.05, 4.69) is 23.1 Å². The molecule has 75 valence electrons. The van der Waals surface area contributed by atoms with Crippen LogP contribution in [0.3, 0.4) is 0 Å². The zero-order valence-electron chi connectivity index (χ0n) is 8.62. The van der Waals surface area contributed by atoms with Crippen LogP contribution in [0.25, 0.3) is 0 Å². The molecule has 0 unspecified atom stereocenters. The average molecular weight is 190 g/mol. The second-order valence-corrected chi connectivity index (χ2v) is 3.66. The molecule has 1 aromatic rings. The Morgan fingerprint density at radius 2 is 2.07 bits per heavy atom. The van der Waals surface area contributed by atoms with Crippen LogP contribution in [0.1, 0.15) is 19.3 Å². The third-order valence-corrected chi connectivity index (χ3v) is 2.70. The molecule has 1 aromatic carbocycles. The van der Waals surface area contributed by atoms with Gasteiger partial charge in [0.2, 0.25) is 0 Å². The van der Waals surface area contributed by atoms with Gasteiger partial charge in [-0.2, -0.15) is 0 Å². The Kier molecular flexibility index (Phi) is 2.92. The number of piperidine rings is 1. The highest BCUT2D eigenvalue weighted by Crippen LogP contribution is 2.23. The molecular formula is C12H16NO. The minimum absolute atomic E-state index is 0.827. The van der Waals surface area contributed by atoms with Crippen LogP contribution in [0.2, 0.25) is 0 Å². The van der Waals surface area contributed by atoms with Crippen LogP contribution in [0.5, 0.6) is 5.75 Å². The second kappa shape index (κ2) is 4.36. The van der Waals surface area contributed by atoms with Gasteiger partial charge in [0.1, 0.15) is 5.75 Å². The molecule has 2 heteroatoms. The number of anilines is 1. The maximum atomic E-state index is 5.16. The molecule has 0 saturated carbocycles. The fraction of sp³-hybridized carbons (Fsp3) is 0.500. The highest BCUT2D eigenvalue weighted by atomic mass is 16.5. The summed E-state index contributed by atoms with van der Waals surface area (Å²) in [6.07, 6.45) is 3.98. The summed E-state index contributed by atoms with van der Waals surface area (Å²) in [5, 5.41) is 0. The molecule has 0 amide bonds. The monoisotopic (exact) mass is 190 g/mol. The van der Waals surface area contributed by atoms with Crippen molar-refractivity contribution in [1.82, 2.24) is 0 Å². The summed E-state index contributed by atoms with van der Waals surface area (Å²) >= 11 is 0. The Morgan fingerprint density at radius 1 is 1.29 bits per heavy atom. The summed E-state index contributed by atoms with van der Waals surface area (Å²) in [4.78, 5) is 2.42. The maximum Gasteiger partial charge on any atom is 0.128 e. The molecule has 0 N–H and O–H groups in total. The zero-order valence-corrected chi connectivity index (χ0v) is 8.62. The van der Waals surface area contributed by atoms with Gasteiger partial charge in [-0.25, -0.2) is 0 Å². The van der Waals surface area contributed by atoms with Gasteiger partial charge in [0.25, 0.3) is 0 Å². The van der Waals surface area contributed by atoms with Crippen molar-refractivity contribution >= 4 is 5.69 Å². The normalized spacial score (nSPS) is 16.8. The first-order chi connectivity index (χ1) is 6.90. The van der Waals surface area contributed by atoms with Gasteiger partial charge in [-0.1, -0.05) is 0 Å². The minimum atomic E-state index is 0.827. The number of nitrogens with zero attached hydrogens (tertiary/aromatic N) is 1. The molecule has 14 heavy (non-hydrogen) atoms. The highest BCUT2D eigenvalue weighted by Gasteiger charge is 2.10. The summed E-state index contributed by atoms with van der Waals surface area (Å²) in [6, 6.07) is 9.15. The number of hydrogen-bond donors (Lipinski definition) is 0. The molecule has 1 saturated heterocycles. The van der Waals surface area contributed by atoms with Gasteiger partial charge in [-0.05, 0) is 31.4 Å². The van der Waals surface area contributed by atoms with Gasteiger partial charge in [0, 0.05) is 30.9 Å². The number of methoxy groups -OCH3 is 1. The molecule has 0 atom stereocenters. The topological polar surface area (TPSA) is 12.5 Å². The van der Waals surface area contributed by atoms with Crippen molar-refractivity contribution in [1.29, 1.82) is 0 Å². The van der Waals surface area contributed by atoms with Crippen LogP contribution in [0.4, 0.5) is 5.69 Å². The van der Waals surface area contributed by atoms with E-state index in [9.17, 15) is 0 Å². The number of rotatable bonds is 2. The first-order valence-electron chi connectivity index (χ1n) is 5.21. The molecule has 0 bridgehead atoms. The lowest BCUT2D eigenvalue weighted by Gasteiger charge is -2.28. The van der Waals surface area contributed by atoms with Crippen LogP contribution in [-0.2, 0) is 0 Å². The first-order valence-corrected chi connectivity index (χ1v) is 5.21. The van der Waals surface area contributed by atoms with Crippen molar-refractivity contribution in [3.8, 4) is 5.75 Å². The number of ether oxygens (including phenoxy) is 1. The van der Waals surface area contributed by atoms with E-state index in [0.29, 0.717) is 0 Å². The van der Waals surface area contributed by atoms with E-state index < -0.39 is 0 Å². The first kappa shape index (κ1) is 9.38. The summed E-state index contributed by atoms with van der Waals surface area (Å²) in [7, 11) is 1.69. The maximum absolute atomic E-state index is 5.16. The van der Waals surface area contributed by atoms with Crippen LogP contribution in [-0.4, -0.2) is 20.2 Å². The van der Waals surface area contributed by atoms with Gasteiger partial charge in [-0.15, -0.1) is 0 Å². The van der Waals surface area contributed by atoms with E-state index in [4.69, 9.17) is 4.74 Å². The summed E-state index contributed by atoms with van der Waals surface area (Å²) < 4.78 is 5.16. The molecule has 0 aliphatic carbocycles. The standard InChI is InChI=1S/C12H16NO/c1-14-12-7-5-6-11(10-12)13-8-3-2-4-9-13/h5-6,10H,2-4,8-9H2,1H3. The molecule has 2 rings (SSSR count). The Balaban J connectivity index is 2.13.